The molecule has 0 saturated heterocycles. The van der Waals surface area contributed by atoms with Crippen LogP contribution < -0.4 is 0 Å². The Balaban J connectivity index is 2.76. The van der Waals surface area contributed by atoms with Gasteiger partial charge in [0.2, 0.25) is 0 Å². The predicted octanol–water partition coefficient (Wildman–Crippen LogP) is 3.10. The molecular formula is C9H14BrClN2. The van der Waals surface area contributed by atoms with E-state index in [1.54, 1.807) is 4.68 Å². The van der Waals surface area contributed by atoms with Gasteiger partial charge in [0.15, 0.2) is 0 Å². The van der Waals surface area contributed by atoms with Crippen LogP contribution >= 0.6 is 27.5 Å². The molecule has 1 unspecified atom stereocenters. The van der Waals surface area contributed by atoms with Gasteiger partial charge in [0.05, 0.1) is 5.69 Å². The molecule has 0 aliphatic carbocycles. The quantitative estimate of drug-likeness (QED) is 0.768. The molecule has 1 atom stereocenters. The van der Waals surface area contributed by atoms with Gasteiger partial charge in [-0.05, 0) is 19.8 Å². The van der Waals surface area contributed by atoms with E-state index in [-0.39, 0.29) is 0 Å². The van der Waals surface area contributed by atoms with E-state index in [0.29, 0.717) is 4.83 Å². The molecule has 1 aromatic heterocycles. The Morgan fingerprint density at radius 1 is 1.62 bits per heavy atom. The van der Waals surface area contributed by atoms with Gasteiger partial charge in [0.25, 0.3) is 0 Å². The second-order valence-electron chi connectivity index (χ2n) is 3.30. The van der Waals surface area contributed by atoms with E-state index >= 15 is 0 Å². The lowest BCUT2D eigenvalue weighted by molar-refractivity contribution is 0.757. The summed E-state index contributed by atoms with van der Waals surface area (Å²) in [6.45, 7) is 4.14. The molecule has 0 amide bonds. The van der Waals surface area contributed by atoms with Crippen LogP contribution in [-0.4, -0.2) is 14.6 Å². The van der Waals surface area contributed by atoms with Gasteiger partial charge in [0, 0.05) is 17.4 Å². The molecule has 1 aromatic rings. The second kappa shape index (κ2) is 4.47. The molecule has 4 heteroatoms. The molecule has 0 fully saturated rings. The van der Waals surface area contributed by atoms with Crippen molar-refractivity contribution < 1.29 is 0 Å². The fraction of sp³-hybridized carbons (Fsp3) is 0.667. The average Bonchev–Trinajstić information content (AvgIpc) is 2.24. The van der Waals surface area contributed by atoms with Gasteiger partial charge in [0.1, 0.15) is 5.15 Å². The summed E-state index contributed by atoms with van der Waals surface area (Å²) in [6.07, 6.45) is 2.08. The van der Waals surface area contributed by atoms with Gasteiger partial charge in [-0.15, -0.1) is 0 Å². The van der Waals surface area contributed by atoms with E-state index < -0.39 is 0 Å². The number of halogens is 2. The van der Waals surface area contributed by atoms with E-state index in [4.69, 9.17) is 11.6 Å². The average molecular weight is 266 g/mol. The van der Waals surface area contributed by atoms with Crippen LogP contribution in [0.4, 0.5) is 0 Å². The molecular weight excluding hydrogens is 251 g/mol. The number of nitrogens with zero attached hydrogens (tertiary/aromatic N) is 2. The van der Waals surface area contributed by atoms with E-state index in [1.165, 1.54) is 5.56 Å². The summed E-state index contributed by atoms with van der Waals surface area (Å²) in [7, 11) is 1.87. The van der Waals surface area contributed by atoms with Gasteiger partial charge in [-0.3, -0.25) is 4.68 Å². The maximum Gasteiger partial charge on any atom is 0.130 e. The molecule has 2 nitrogen and oxygen atoms in total. The zero-order chi connectivity index (χ0) is 10.0. The van der Waals surface area contributed by atoms with Crippen molar-refractivity contribution in [3.05, 3.63) is 16.4 Å². The van der Waals surface area contributed by atoms with Crippen LogP contribution in [0.25, 0.3) is 0 Å². The summed E-state index contributed by atoms with van der Waals surface area (Å²) in [5.41, 5.74) is 2.22. The maximum absolute atomic E-state index is 6.08. The number of hydrogen-bond acceptors (Lipinski definition) is 1. The number of hydrogen-bond donors (Lipinski definition) is 0. The lowest BCUT2D eigenvalue weighted by atomic mass is 10.1. The smallest absolute Gasteiger partial charge is 0.130 e. The Morgan fingerprint density at radius 2 is 2.23 bits per heavy atom. The topological polar surface area (TPSA) is 17.8 Å². The summed E-state index contributed by atoms with van der Waals surface area (Å²) in [5, 5.41) is 5.03. The first-order valence-corrected chi connectivity index (χ1v) is 5.63. The first-order chi connectivity index (χ1) is 6.02. The van der Waals surface area contributed by atoms with Crippen LogP contribution in [0, 0.1) is 6.92 Å². The highest BCUT2D eigenvalue weighted by Crippen LogP contribution is 2.21. The molecule has 0 saturated carbocycles. The van der Waals surface area contributed by atoms with Gasteiger partial charge in [-0.2, -0.15) is 5.10 Å². The van der Waals surface area contributed by atoms with Crippen molar-refractivity contribution in [1.82, 2.24) is 9.78 Å². The second-order valence-corrected chi connectivity index (χ2v) is 5.22. The van der Waals surface area contributed by atoms with Gasteiger partial charge >= 0.3 is 0 Å². The largest absolute Gasteiger partial charge is 0.257 e. The predicted molar refractivity (Wildman–Crippen MR) is 59.7 cm³/mol. The van der Waals surface area contributed by atoms with Gasteiger partial charge < -0.3 is 0 Å². The number of aryl methyl sites for hydroxylation is 2. The Morgan fingerprint density at radius 3 is 2.62 bits per heavy atom. The van der Waals surface area contributed by atoms with E-state index in [0.717, 1.165) is 23.7 Å². The van der Waals surface area contributed by atoms with Gasteiger partial charge in [-0.1, -0.05) is 34.5 Å². The number of rotatable bonds is 3. The molecule has 0 bridgehead atoms. The van der Waals surface area contributed by atoms with Crippen molar-refractivity contribution in [1.29, 1.82) is 0 Å². The minimum atomic E-state index is 0.531. The minimum absolute atomic E-state index is 0.531. The summed E-state index contributed by atoms with van der Waals surface area (Å²) in [6, 6.07) is 0. The Kier molecular flexibility index (Phi) is 3.80. The van der Waals surface area contributed by atoms with E-state index in [2.05, 4.69) is 28.0 Å². The monoisotopic (exact) mass is 264 g/mol. The van der Waals surface area contributed by atoms with Crippen molar-refractivity contribution in [2.45, 2.75) is 31.5 Å². The highest BCUT2D eigenvalue weighted by Gasteiger charge is 2.11. The van der Waals surface area contributed by atoms with Crippen molar-refractivity contribution in [2.24, 2.45) is 7.05 Å². The lowest BCUT2D eigenvalue weighted by Gasteiger charge is -2.02. The third-order valence-corrected chi connectivity index (χ3v) is 2.99. The highest BCUT2D eigenvalue weighted by molar-refractivity contribution is 9.09. The lowest BCUT2D eigenvalue weighted by Crippen LogP contribution is -1.95. The van der Waals surface area contributed by atoms with E-state index in [9.17, 15) is 0 Å². The van der Waals surface area contributed by atoms with Crippen LogP contribution in [0.1, 0.15) is 24.6 Å². The first-order valence-electron chi connectivity index (χ1n) is 4.34. The molecule has 0 aliphatic heterocycles. The van der Waals surface area contributed by atoms with Crippen LogP contribution in [-0.2, 0) is 13.5 Å². The van der Waals surface area contributed by atoms with Crippen molar-refractivity contribution in [3.8, 4) is 0 Å². The standard InChI is InChI=1S/C9H14BrClN2/c1-6(10)4-5-8-7(2)12-13(3)9(8)11/h6H,4-5H2,1-3H3. The summed E-state index contributed by atoms with van der Waals surface area (Å²) >= 11 is 9.60. The zero-order valence-corrected chi connectivity index (χ0v) is 10.5. The molecule has 13 heavy (non-hydrogen) atoms. The van der Waals surface area contributed by atoms with Crippen molar-refractivity contribution in [2.75, 3.05) is 0 Å². The van der Waals surface area contributed by atoms with Crippen molar-refractivity contribution >= 4 is 27.5 Å². The third-order valence-electron chi connectivity index (χ3n) is 2.06. The summed E-state index contributed by atoms with van der Waals surface area (Å²) in [4.78, 5) is 0.531. The highest BCUT2D eigenvalue weighted by atomic mass is 79.9. The summed E-state index contributed by atoms with van der Waals surface area (Å²) in [5.74, 6) is 0. The fourth-order valence-electron chi connectivity index (χ4n) is 1.30. The first kappa shape index (κ1) is 11.1. The molecule has 0 spiro atoms. The van der Waals surface area contributed by atoms with E-state index in [1.807, 2.05) is 14.0 Å². The SMILES string of the molecule is Cc1nn(C)c(Cl)c1CCC(C)Br. The van der Waals surface area contributed by atoms with Crippen LogP contribution in [0.5, 0.6) is 0 Å². The minimum Gasteiger partial charge on any atom is -0.257 e. The number of alkyl halides is 1. The van der Waals surface area contributed by atoms with Crippen LogP contribution in [0.2, 0.25) is 5.15 Å². The van der Waals surface area contributed by atoms with Crippen molar-refractivity contribution in [3.63, 3.8) is 0 Å². The fourth-order valence-corrected chi connectivity index (χ4v) is 1.80. The molecule has 0 aromatic carbocycles. The summed E-state index contributed by atoms with van der Waals surface area (Å²) < 4.78 is 1.73. The van der Waals surface area contributed by atoms with Crippen LogP contribution in [0.15, 0.2) is 0 Å². The molecule has 0 radical (unpaired) electrons. The van der Waals surface area contributed by atoms with Crippen LogP contribution in [0.3, 0.4) is 0 Å². The Bertz CT molecular complexity index is 294. The Hall–Kier alpha value is -0.0200. The molecule has 74 valence electrons. The molecule has 1 heterocycles. The Labute approximate surface area is 92.4 Å². The molecule has 1 rings (SSSR count). The molecule has 0 N–H and O–H groups in total. The molecule has 0 aliphatic rings. The normalized spacial score (nSPS) is 13.3. The third kappa shape index (κ3) is 2.71. The maximum atomic E-state index is 6.08. The number of aromatic nitrogens is 2. The van der Waals surface area contributed by atoms with Gasteiger partial charge in [-0.25, -0.2) is 0 Å². The zero-order valence-electron chi connectivity index (χ0n) is 8.14.